The van der Waals surface area contributed by atoms with E-state index in [9.17, 15) is 4.79 Å². The summed E-state index contributed by atoms with van der Waals surface area (Å²) in [5, 5.41) is 3.36. The fourth-order valence-corrected chi connectivity index (χ4v) is 2.12. The predicted molar refractivity (Wildman–Crippen MR) is 75.1 cm³/mol. The van der Waals surface area contributed by atoms with Gasteiger partial charge < -0.3 is 14.8 Å². The van der Waals surface area contributed by atoms with Crippen molar-refractivity contribution in [1.82, 2.24) is 10.2 Å². The van der Waals surface area contributed by atoms with Crippen molar-refractivity contribution in [3.05, 3.63) is 0 Å². The molecule has 1 rings (SSSR count). The minimum Gasteiger partial charge on any atom is -0.468 e. The molecule has 1 aliphatic carbocycles. The van der Waals surface area contributed by atoms with Crippen molar-refractivity contribution in [2.24, 2.45) is 5.92 Å². The van der Waals surface area contributed by atoms with E-state index in [0.29, 0.717) is 25.1 Å². The van der Waals surface area contributed by atoms with Crippen LogP contribution in [-0.2, 0) is 14.3 Å². The van der Waals surface area contributed by atoms with Crippen LogP contribution in [-0.4, -0.2) is 63.4 Å². The zero-order chi connectivity index (χ0) is 14.3. The molecule has 0 radical (unpaired) electrons. The van der Waals surface area contributed by atoms with Crippen LogP contribution in [0.5, 0.6) is 0 Å². The molecule has 1 unspecified atom stereocenters. The highest BCUT2D eigenvalue weighted by molar-refractivity contribution is 5.76. The maximum absolute atomic E-state index is 11.8. The van der Waals surface area contributed by atoms with Crippen molar-refractivity contribution >= 4 is 5.97 Å². The lowest BCUT2D eigenvalue weighted by Crippen LogP contribution is -2.49. The molecule has 0 aromatic heterocycles. The fourth-order valence-electron chi connectivity index (χ4n) is 2.12. The van der Waals surface area contributed by atoms with Gasteiger partial charge in [-0.3, -0.25) is 9.69 Å². The van der Waals surface area contributed by atoms with Crippen molar-refractivity contribution in [2.75, 3.05) is 40.5 Å². The van der Waals surface area contributed by atoms with Crippen LogP contribution < -0.4 is 5.32 Å². The van der Waals surface area contributed by atoms with Crippen molar-refractivity contribution in [2.45, 2.75) is 38.8 Å². The molecule has 0 spiro atoms. The lowest BCUT2D eigenvalue weighted by Gasteiger charge is -2.28. The van der Waals surface area contributed by atoms with Gasteiger partial charge in [-0.05, 0) is 18.8 Å². The van der Waals surface area contributed by atoms with Crippen LogP contribution in [0.25, 0.3) is 0 Å². The molecule has 0 amide bonds. The van der Waals surface area contributed by atoms with Crippen LogP contribution in [0.1, 0.15) is 26.7 Å². The Morgan fingerprint density at radius 1 is 1.32 bits per heavy atom. The molecule has 1 atom stereocenters. The van der Waals surface area contributed by atoms with Gasteiger partial charge in [0.05, 0.1) is 13.7 Å². The number of ether oxygens (including phenoxy) is 2. The number of hydrogen-bond donors (Lipinski definition) is 1. The molecule has 0 aliphatic heterocycles. The van der Waals surface area contributed by atoms with E-state index in [1.165, 1.54) is 7.11 Å². The normalized spacial score (nSPS) is 16.9. The predicted octanol–water partition coefficient (Wildman–Crippen LogP) is 0.884. The smallest absolute Gasteiger partial charge is 0.324 e. The first-order valence-corrected chi connectivity index (χ1v) is 7.12. The third kappa shape index (κ3) is 6.89. The van der Waals surface area contributed by atoms with Crippen molar-refractivity contribution in [1.29, 1.82) is 0 Å². The van der Waals surface area contributed by atoms with Gasteiger partial charge in [-0.15, -0.1) is 0 Å². The second-order valence-electron chi connectivity index (χ2n) is 5.66. The Hall–Kier alpha value is -0.650. The summed E-state index contributed by atoms with van der Waals surface area (Å²) >= 11 is 0. The zero-order valence-electron chi connectivity index (χ0n) is 12.6. The Balaban J connectivity index is 2.50. The minimum atomic E-state index is -0.229. The average molecular weight is 272 g/mol. The van der Waals surface area contributed by atoms with Gasteiger partial charge in [0.2, 0.25) is 0 Å². The van der Waals surface area contributed by atoms with Crippen LogP contribution in [0.2, 0.25) is 0 Å². The molecule has 0 heterocycles. The number of nitrogens with zero attached hydrogens (tertiary/aromatic N) is 1. The molecule has 0 aromatic carbocycles. The number of nitrogens with one attached hydrogen (secondary N) is 1. The van der Waals surface area contributed by atoms with E-state index < -0.39 is 0 Å². The molecule has 1 aliphatic rings. The van der Waals surface area contributed by atoms with Crippen LogP contribution >= 0.6 is 0 Å². The Labute approximate surface area is 116 Å². The molecular formula is C14H28N2O3. The minimum absolute atomic E-state index is 0.168. The fraction of sp³-hybridized carbons (Fsp3) is 0.929. The van der Waals surface area contributed by atoms with Crippen molar-refractivity contribution in [3.63, 3.8) is 0 Å². The molecule has 0 bridgehead atoms. The number of rotatable bonds is 10. The number of esters is 1. The van der Waals surface area contributed by atoms with Gasteiger partial charge in [0.25, 0.3) is 0 Å². The van der Waals surface area contributed by atoms with Gasteiger partial charge in [-0.2, -0.15) is 0 Å². The van der Waals surface area contributed by atoms with Crippen molar-refractivity contribution in [3.8, 4) is 0 Å². The van der Waals surface area contributed by atoms with Gasteiger partial charge >= 0.3 is 5.97 Å². The molecule has 1 saturated carbocycles. The van der Waals surface area contributed by atoms with Gasteiger partial charge in [0.1, 0.15) is 6.04 Å². The Kier molecular flexibility index (Phi) is 7.34. The van der Waals surface area contributed by atoms with E-state index >= 15 is 0 Å². The first-order valence-electron chi connectivity index (χ1n) is 7.12. The summed E-state index contributed by atoms with van der Waals surface area (Å²) in [4.78, 5) is 14.1. The maximum atomic E-state index is 11.8. The number of carbonyl (C=O) groups is 1. The summed E-state index contributed by atoms with van der Waals surface area (Å²) in [5.74, 6) is 0.397. The molecule has 0 saturated heterocycles. The largest absolute Gasteiger partial charge is 0.468 e. The van der Waals surface area contributed by atoms with Gasteiger partial charge in [-0.1, -0.05) is 13.8 Å². The van der Waals surface area contributed by atoms with E-state index in [4.69, 9.17) is 9.47 Å². The maximum Gasteiger partial charge on any atom is 0.324 e. The zero-order valence-corrected chi connectivity index (χ0v) is 12.6. The third-order valence-electron chi connectivity index (χ3n) is 3.18. The summed E-state index contributed by atoms with van der Waals surface area (Å²) in [6.45, 7) is 7.54. The number of methoxy groups -OCH3 is 2. The molecule has 0 aromatic rings. The summed E-state index contributed by atoms with van der Waals surface area (Å²) < 4.78 is 10.0. The highest BCUT2D eigenvalue weighted by atomic mass is 16.5. The molecule has 1 fully saturated rings. The molecule has 1 N–H and O–H groups in total. The second kappa shape index (κ2) is 8.51. The van der Waals surface area contributed by atoms with E-state index in [2.05, 4.69) is 24.1 Å². The van der Waals surface area contributed by atoms with E-state index in [1.54, 1.807) is 7.11 Å². The van der Waals surface area contributed by atoms with Crippen LogP contribution in [0.4, 0.5) is 0 Å². The summed E-state index contributed by atoms with van der Waals surface area (Å²) in [5.41, 5.74) is 0. The van der Waals surface area contributed by atoms with Crippen LogP contribution in [0.15, 0.2) is 0 Å². The topological polar surface area (TPSA) is 50.8 Å². The third-order valence-corrected chi connectivity index (χ3v) is 3.18. The quantitative estimate of drug-likeness (QED) is 0.598. The standard InChI is InChI=1S/C14H28N2O3/c1-11(2)9-16(7-8-18-3)10-13(14(17)19-4)15-12-5-6-12/h11-13,15H,5-10H2,1-4H3. The monoisotopic (exact) mass is 272 g/mol. The van der Waals surface area contributed by atoms with Crippen LogP contribution in [0.3, 0.4) is 0 Å². The van der Waals surface area contributed by atoms with Gasteiger partial charge in [-0.25, -0.2) is 0 Å². The highest BCUT2D eigenvalue weighted by Crippen LogP contribution is 2.20. The average Bonchev–Trinajstić information content (AvgIpc) is 3.17. The second-order valence-corrected chi connectivity index (χ2v) is 5.66. The lowest BCUT2D eigenvalue weighted by atomic mass is 10.2. The molecule has 5 heteroatoms. The van der Waals surface area contributed by atoms with E-state index in [-0.39, 0.29) is 12.0 Å². The molecular weight excluding hydrogens is 244 g/mol. The highest BCUT2D eigenvalue weighted by Gasteiger charge is 2.30. The Morgan fingerprint density at radius 2 is 2.00 bits per heavy atom. The van der Waals surface area contributed by atoms with E-state index in [0.717, 1.165) is 25.9 Å². The first-order chi connectivity index (χ1) is 9.06. The van der Waals surface area contributed by atoms with E-state index in [1.807, 2.05) is 0 Å². The Morgan fingerprint density at radius 3 is 2.47 bits per heavy atom. The lowest BCUT2D eigenvalue weighted by molar-refractivity contribution is -0.143. The van der Waals surface area contributed by atoms with Crippen molar-refractivity contribution < 1.29 is 14.3 Å². The van der Waals surface area contributed by atoms with Crippen LogP contribution in [0, 0.1) is 5.92 Å². The summed E-state index contributed by atoms with van der Waals surface area (Å²) in [6, 6.07) is 0.264. The molecule has 5 nitrogen and oxygen atoms in total. The number of carbonyl (C=O) groups excluding carboxylic acids is 1. The summed E-state index contributed by atoms with van der Waals surface area (Å²) in [6.07, 6.45) is 2.32. The molecule has 19 heavy (non-hydrogen) atoms. The number of hydrogen-bond acceptors (Lipinski definition) is 5. The summed E-state index contributed by atoms with van der Waals surface area (Å²) in [7, 11) is 3.15. The Bertz CT molecular complexity index is 267. The van der Waals surface area contributed by atoms with Gasteiger partial charge in [0, 0.05) is 32.8 Å². The molecule has 112 valence electrons. The SMILES string of the molecule is COCCN(CC(C)C)CC(NC1CC1)C(=O)OC. The van der Waals surface area contributed by atoms with Gasteiger partial charge in [0.15, 0.2) is 0 Å². The first kappa shape index (κ1) is 16.4.